The Morgan fingerprint density at radius 3 is 2.62 bits per heavy atom. The molecule has 0 saturated heterocycles. The Bertz CT molecular complexity index is 868. The number of carbonyl (C=O) groups excluding carboxylic acids is 2. The summed E-state index contributed by atoms with van der Waals surface area (Å²) >= 11 is 1.47. The summed E-state index contributed by atoms with van der Waals surface area (Å²) in [5.41, 5.74) is 8.11. The van der Waals surface area contributed by atoms with E-state index in [0.29, 0.717) is 11.1 Å². The fourth-order valence-electron chi connectivity index (χ4n) is 2.07. The Balaban J connectivity index is 2.10. The summed E-state index contributed by atoms with van der Waals surface area (Å²) in [5.74, 6) is -0.431. The molecule has 0 aliphatic carbocycles. The van der Waals surface area contributed by atoms with Gasteiger partial charge in [-0.15, -0.1) is 11.3 Å². The van der Waals surface area contributed by atoms with Gasteiger partial charge in [0.1, 0.15) is 5.01 Å². The summed E-state index contributed by atoms with van der Waals surface area (Å²) in [6, 6.07) is 12.6. The van der Waals surface area contributed by atoms with Crippen molar-refractivity contribution in [1.82, 2.24) is 4.98 Å². The van der Waals surface area contributed by atoms with Gasteiger partial charge in [-0.25, -0.2) is 4.98 Å². The first kappa shape index (κ1) is 13.5. The molecule has 3 aromatic rings. The Kier molecular flexibility index (Phi) is 3.27. The SMILES string of the molecule is CC(=O)c1cccc(-c2nc3ccc(C(N)=O)cc3s2)c1. The predicted molar refractivity (Wildman–Crippen MR) is 83.6 cm³/mol. The van der Waals surface area contributed by atoms with Crippen LogP contribution in [0, 0.1) is 0 Å². The molecule has 4 nitrogen and oxygen atoms in total. The van der Waals surface area contributed by atoms with E-state index >= 15 is 0 Å². The van der Waals surface area contributed by atoms with Crippen LogP contribution < -0.4 is 5.73 Å². The number of hydrogen-bond donors (Lipinski definition) is 1. The molecule has 0 atom stereocenters. The molecule has 1 amide bonds. The summed E-state index contributed by atoms with van der Waals surface area (Å²) in [6.45, 7) is 1.54. The third kappa shape index (κ3) is 2.55. The third-order valence-corrected chi connectivity index (χ3v) is 4.26. The van der Waals surface area contributed by atoms with E-state index in [4.69, 9.17) is 5.73 Å². The number of Topliss-reactive ketones (excluding diaryl/α,β-unsaturated/α-hetero) is 1. The van der Waals surface area contributed by atoms with Gasteiger partial charge in [0, 0.05) is 16.7 Å². The molecule has 2 N–H and O–H groups in total. The van der Waals surface area contributed by atoms with Crippen molar-refractivity contribution in [3.63, 3.8) is 0 Å². The summed E-state index contributed by atoms with van der Waals surface area (Å²) in [7, 11) is 0. The lowest BCUT2D eigenvalue weighted by atomic mass is 10.1. The lowest BCUT2D eigenvalue weighted by molar-refractivity contribution is 0.0996. The molecule has 0 unspecified atom stereocenters. The molecule has 0 aliphatic heterocycles. The standard InChI is InChI=1S/C16H12N2O2S/c1-9(19)10-3-2-4-12(7-10)16-18-13-6-5-11(15(17)20)8-14(13)21-16/h2-8H,1H3,(H2,17,20). The van der Waals surface area contributed by atoms with Gasteiger partial charge < -0.3 is 5.73 Å². The van der Waals surface area contributed by atoms with Gasteiger partial charge in [-0.2, -0.15) is 0 Å². The Morgan fingerprint density at radius 2 is 1.90 bits per heavy atom. The Hall–Kier alpha value is -2.53. The topological polar surface area (TPSA) is 73.1 Å². The predicted octanol–water partition coefficient (Wildman–Crippen LogP) is 3.26. The average Bonchev–Trinajstić information content (AvgIpc) is 2.90. The van der Waals surface area contributed by atoms with E-state index in [1.54, 1.807) is 24.3 Å². The molecule has 2 aromatic carbocycles. The minimum atomic E-state index is -0.453. The molecule has 0 radical (unpaired) electrons. The maximum absolute atomic E-state index is 11.5. The van der Waals surface area contributed by atoms with E-state index in [-0.39, 0.29) is 5.78 Å². The van der Waals surface area contributed by atoms with Crippen molar-refractivity contribution in [2.75, 3.05) is 0 Å². The molecule has 21 heavy (non-hydrogen) atoms. The molecular weight excluding hydrogens is 284 g/mol. The van der Waals surface area contributed by atoms with E-state index in [1.807, 2.05) is 18.2 Å². The van der Waals surface area contributed by atoms with Crippen LogP contribution in [0.5, 0.6) is 0 Å². The van der Waals surface area contributed by atoms with Crippen molar-refractivity contribution in [2.45, 2.75) is 6.92 Å². The van der Waals surface area contributed by atoms with Crippen molar-refractivity contribution in [3.8, 4) is 10.6 Å². The number of benzene rings is 2. The van der Waals surface area contributed by atoms with Crippen LogP contribution in [0.2, 0.25) is 0 Å². The van der Waals surface area contributed by atoms with Gasteiger partial charge in [0.25, 0.3) is 0 Å². The van der Waals surface area contributed by atoms with Crippen LogP contribution in [-0.4, -0.2) is 16.7 Å². The molecule has 0 saturated carbocycles. The van der Waals surface area contributed by atoms with Crippen LogP contribution in [0.15, 0.2) is 42.5 Å². The zero-order valence-electron chi connectivity index (χ0n) is 11.3. The maximum Gasteiger partial charge on any atom is 0.248 e. The normalized spacial score (nSPS) is 10.7. The fourth-order valence-corrected chi connectivity index (χ4v) is 3.07. The van der Waals surface area contributed by atoms with Crippen molar-refractivity contribution in [2.24, 2.45) is 5.73 Å². The number of primary amides is 1. The summed E-state index contributed by atoms with van der Waals surface area (Å²) in [5, 5.41) is 0.815. The highest BCUT2D eigenvalue weighted by molar-refractivity contribution is 7.21. The van der Waals surface area contributed by atoms with E-state index in [1.165, 1.54) is 18.3 Å². The number of hydrogen-bond acceptors (Lipinski definition) is 4. The van der Waals surface area contributed by atoms with Gasteiger partial charge in [0.15, 0.2) is 5.78 Å². The van der Waals surface area contributed by atoms with Crippen LogP contribution in [0.3, 0.4) is 0 Å². The quantitative estimate of drug-likeness (QED) is 0.754. The summed E-state index contributed by atoms with van der Waals surface area (Å²) < 4.78 is 0.898. The van der Waals surface area contributed by atoms with Gasteiger partial charge in [0.2, 0.25) is 5.91 Å². The highest BCUT2D eigenvalue weighted by Crippen LogP contribution is 2.31. The zero-order chi connectivity index (χ0) is 15.0. The molecule has 0 spiro atoms. The monoisotopic (exact) mass is 296 g/mol. The van der Waals surface area contributed by atoms with Gasteiger partial charge in [-0.3, -0.25) is 9.59 Å². The van der Waals surface area contributed by atoms with Crippen LogP contribution in [0.4, 0.5) is 0 Å². The second kappa shape index (κ2) is 5.10. The van der Waals surface area contributed by atoms with Crippen LogP contribution in [0.25, 0.3) is 20.8 Å². The first-order valence-electron chi connectivity index (χ1n) is 6.36. The largest absolute Gasteiger partial charge is 0.366 e. The molecule has 0 bridgehead atoms. The summed E-state index contributed by atoms with van der Waals surface area (Å²) in [6.07, 6.45) is 0. The van der Waals surface area contributed by atoms with Gasteiger partial charge in [0.05, 0.1) is 10.2 Å². The highest BCUT2D eigenvalue weighted by Gasteiger charge is 2.10. The number of carbonyl (C=O) groups is 2. The average molecular weight is 296 g/mol. The molecule has 3 rings (SSSR count). The first-order valence-corrected chi connectivity index (χ1v) is 7.18. The molecule has 5 heteroatoms. The number of aromatic nitrogens is 1. The number of ketones is 1. The van der Waals surface area contributed by atoms with Crippen molar-refractivity contribution < 1.29 is 9.59 Å². The van der Waals surface area contributed by atoms with Crippen molar-refractivity contribution >= 4 is 33.2 Å². The number of nitrogens with two attached hydrogens (primary N) is 1. The molecule has 1 heterocycles. The molecule has 1 aromatic heterocycles. The third-order valence-electron chi connectivity index (χ3n) is 3.19. The van der Waals surface area contributed by atoms with E-state index in [2.05, 4.69) is 4.98 Å². The van der Waals surface area contributed by atoms with E-state index < -0.39 is 5.91 Å². The zero-order valence-corrected chi connectivity index (χ0v) is 12.1. The molecular formula is C16H12N2O2S. The Labute approximate surface area is 125 Å². The minimum absolute atomic E-state index is 0.0222. The van der Waals surface area contributed by atoms with Crippen LogP contribution in [-0.2, 0) is 0 Å². The van der Waals surface area contributed by atoms with Gasteiger partial charge in [-0.1, -0.05) is 18.2 Å². The number of amides is 1. The highest BCUT2D eigenvalue weighted by atomic mass is 32.1. The number of thiazole rings is 1. The van der Waals surface area contributed by atoms with Gasteiger partial charge >= 0.3 is 0 Å². The fraction of sp³-hybridized carbons (Fsp3) is 0.0625. The second-order valence-electron chi connectivity index (χ2n) is 4.70. The van der Waals surface area contributed by atoms with E-state index in [9.17, 15) is 9.59 Å². The number of fused-ring (bicyclic) bond motifs is 1. The molecule has 104 valence electrons. The first-order chi connectivity index (χ1) is 10.0. The smallest absolute Gasteiger partial charge is 0.248 e. The van der Waals surface area contributed by atoms with Crippen molar-refractivity contribution in [3.05, 3.63) is 53.6 Å². The second-order valence-corrected chi connectivity index (χ2v) is 5.73. The summed E-state index contributed by atoms with van der Waals surface area (Å²) in [4.78, 5) is 27.2. The van der Waals surface area contributed by atoms with Crippen LogP contribution in [0.1, 0.15) is 27.6 Å². The maximum atomic E-state index is 11.5. The van der Waals surface area contributed by atoms with Crippen LogP contribution >= 0.6 is 11.3 Å². The number of rotatable bonds is 3. The Morgan fingerprint density at radius 1 is 1.10 bits per heavy atom. The molecule has 0 aliphatic rings. The lowest BCUT2D eigenvalue weighted by Gasteiger charge is -1.98. The molecule has 0 fully saturated rings. The van der Waals surface area contributed by atoms with E-state index in [0.717, 1.165) is 20.8 Å². The van der Waals surface area contributed by atoms with Gasteiger partial charge in [-0.05, 0) is 31.2 Å². The number of nitrogens with zero attached hydrogens (tertiary/aromatic N) is 1. The lowest BCUT2D eigenvalue weighted by Crippen LogP contribution is -2.10. The minimum Gasteiger partial charge on any atom is -0.366 e. The van der Waals surface area contributed by atoms with Crippen molar-refractivity contribution in [1.29, 1.82) is 0 Å².